The van der Waals surface area contributed by atoms with E-state index in [1.165, 1.54) is 29.5 Å². The first kappa shape index (κ1) is 16.3. The van der Waals surface area contributed by atoms with E-state index in [0.717, 1.165) is 17.5 Å². The molecule has 3 rings (SSSR count). The van der Waals surface area contributed by atoms with E-state index in [0.29, 0.717) is 5.13 Å². The summed E-state index contributed by atoms with van der Waals surface area (Å²) in [6, 6.07) is 9.56. The molecule has 0 saturated carbocycles. The molecule has 1 aromatic carbocycles. The number of hydrogen-bond donors (Lipinski definition) is 1. The van der Waals surface area contributed by atoms with Gasteiger partial charge in [0.05, 0.1) is 10.6 Å². The summed E-state index contributed by atoms with van der Waals surface area (Å²) in [6.45, 7) is 0. The lowest BCUT2D eigenvalue weighted by atomic mass is 10.2. The fourth-order valence-electron chi connectivity index (χ4n) is 2.02. The number of nitrogens with zero attached hydrogens (tertiary/aromatic N) is 2. The number of pyridine rings is 1. The standard InChI is InChI=1S/C16H13N3O3S2/c1-24(21,22)13-4-2-3-12(9-13)15(20)19-16-18-14(10-23-16)11-5-7-17-8-6-11/h2-10H,1H3,(H,18,19,20). The summed E-state index contributed by atoms with van der Waals surface area (Å²) in [4.78, 5) is 20.7. The molecule has 2 aromatic heterocycles. The third-order valence-corrected chi connectivity index (χ3v) is 5.09. The summed E-state index contributed by atoms with van der Waals surface area (Å²) < 4.78 is 23.2. The minimum absolute atomic E-state index is 0.103. The van der Waals surface area contributed by atoms with Crippen molar-refractivity contribution in [2.75, 3.05) is 11.6 Å². The zero-order valence-electron chi connectivity index (χ0n) is 12.6. The minimum Gasteiger partial charge on any atom is -0.298 e. The van der Waals surface area contributed by atoms with Crippen LogP contribution in [0.4, 0.5) is 5.13 Å². The van der Waals surface area contributed by atoms with Crippen molar-refractivity contribution in [2.24, 2.45) is 0 Å². The van der Waals surface area contributed by atoms with Gasteiger partial charge in [-0.05, 0) is 30.3 Å². The zero-order valence-corrected chi connectivity index (χ0v) is 14.3. The molecule has 0 radical (unpaired) electrons. The Labute approximate surface area is 143 Å². The van der Waals surface area contributed by atoms with Crippen LogP contribution in [0.5, 0.6) is 0 Å². The average Bonchev–Trinajstić information content (AvgIpc) is 3.03. The lowest BCUT2D eigenvalue weighted by Crippen LogP contribution is -2.12. The summed E-state index contributed by atoms with van der Waals surface area (Å²) in [6.07, 6.45) is 4.44. The number of carbonyl (C=O) groups is 1. The van der Waals surface area contributed by atoms with E-state index in [-0.39, 0.29) is 10.5 Å². The highest BCUT2D eigenvalue weighted by molar-refractivity contribution is 7.90. The topological polar surface area (TPSA) is 89.0 Å². The maximum absolute atomic E-state index is 12.3. The summed E-state index contributed by atoms with van der Waals surface area (Å²) in [5.41, 5.74) is 1.90. The second-order valence-electron chi connectivity index (χ2n) is 5.03. The first-order chi connectivity index (χ1) is 11.4. The first-order valence-corrected chi connectivity index (χ1v) is 9.68. The van der Waals surface area contributed by atoms with Crippen LogP contribution in [0.2, 0.25) is 0 Å². The van der Waals surface area contributed by atoms with Crippen molar-refractivity contribution in [3.63, 3.8) is 0 Å². The van der Waals surface area contributed by atoms with E-state index >= 15 is 0 Å². The summed E-state index contributed by atoms with van der Waals surface area (Å²) in [7, 11) is -3.36. The molecule has 0 spiro atoms. The number of nitrogens with one attached hydrogen (secondary N) is 1. The molecule has 6 nitrogen and oxygen atoms in total. The summed E-state index contributed by atoms with van der Waals surface area (Å²) >= 11 is 1.30. The molecule has 24 heavy (non-hydrogen) atoms. The number of anilines is 1. The van der Waals surface area contributed by atoms with E-state index < -0.39 is 15.7 Å². The van der Waals surface area contributed by atoms with Gasteiger partial charge in [-0.2, -0.15) is 0 Å². The number of aromatic nitrogens is 2. The fourth-order valence-corrected chi connectivity index (χ4v) is 3.41. The van der Waals surface area contributed by atoms with Gasteiger partial charge in [-0.1, -0.05) is 6.07 Å². The molecule has 8 heteroatoms. The number of hydrogen-bond acceptors (Lipinski definition) is 6. The third-order valence-electron chi connectivity index (χ3n) is 3.23. The first-order valence-electron chi connectivity index (χ1n) is 6.91. The van der Waals surface area contributed by atoms with Crippen LogP contribution >= 0.6 is 11.3 Å². The van der Waals surface area contributed by atoms with Gasteiger partial charge in [0.2, 0.25) is 0 Å². The average molecular weight is 359 g/mol. The number of rotatable bonds is 4. The lowest BCUT2D eigenvalue weighted by molar-refractivity contribution is 0.102. The van der Waals surface area contributed by atoms with Crippen molar-refractivity contribution in [2.45, 2.75) is 4.90 Å². The van der Waals surface area contributed by atoms with Crippen LogP contribution in [-0.4, -0.2) is 30.5 Å². The molecule has 0 bridgehead atoms. The molecule has 0 fully saturated rings. The van der Waals surface area contributed by atoms with Crippen molar-refractivity contribution in [1.29, 1.82) is 0 Å². The molecule has 2 heterocycles. The van der Waals surface area contributed by atoms with Gasteiger partial charge in [0, 0.05) is 35.2 Å². The van der Waals surface area contributed by atoms with Gasteiger partial charge < -0.3 is 0 Å². The van der Waals surface area contributed by atoms with E-state index in [2.05, 4.69) is 15.3 Å². The molecule has 0 aliphatic carbocycles. The molecule has 0 aliphatic heterocycles. The molecular formula is C16H13N3O3S2. The number of amides is 1. The highest BCUT2D eigenvalue weighted by atomic mass is 32.2. The molecular weight excluding hydrogens is 346 g/mol. The van der Waals surface area contributed by atoms with Crippen LogP contribution in [-0.2, 0) is 9.84 Å². The van der Waals surface area contributed by atoms with Gasteiger partial charge in [-0.25, -0.2) is 13.4 Å². The number of thiazole rings is 1. The predicted octanol–water partition coefficient (Wildman–Crippen LogP) is 2.86. The quantitative estimate of drug-likeness (QED) is 0.774. The van der Waals surface area contributed by atoms with Crippen LogP contribution in [0.25, 0.3) is 11.3 Å². The minimum atomic E-state index is -3.36. The van der Waals surface area contributed by atoms with Gasteiger partial charge in [0.1, 0.15) is 0 Å². The third kappa shape index (κ3) is 3.66. The number of benzene rings is 1. The molecule has 3 aromatic rings. The molecule has 0 unspecified atom stereocenters. The van der Waals surface area contributed by atoms with Crippen molar-refractivity contribution < 1.29 is 13.2 Å². The highest BCUT2D eigenvalue weighted by Crippen LogP contribution is 2.24. The number of carbonyl (C=O) groups excluding carboxylic acids is 1. The van der Waals surface area contributed by atoms with E-state index in [1.807, 2.05) is 17.5 Å². The monoisotopic (exact) mass is 359 g/mol. The van der Waals surface area contributed by atoms with Crippen LogP contribution in [0.1, 0.15) is 10.4 Å². The van der Waals surface area contributed by atoms with Crippen molar-refractivity contribution in [1.82, 2.24) is 9.97 Å². The maximum atomic E-state index is 12.3. The molecule has 122 valence electrons. The van der Waals surface area contributed by atoms with Gasteiger partial charge in [-0.15, -0.1) is 11.3 Å². The van der Waals surface area contributed by atoms with Crippen molar-refractivity contribution in [3.8, 4) is 11.3 Å². The van der Waals surface area contributed by atoms with Gasteiger partial charge in [0.15, 0.2) is 15.0 Å². The largest absolute Gasteiger partial charge is 0.298 e. The zero-order chi connectivity index (χ0) is 17.2. The second kappa shape index (κ2) is 6.50. The molecule has 1 N–H and O–H groups in total. The second-order valence-corrected chi connectivity index (χ2v) is 7.90. The smallest absolute Gasteiger partial charge is 0.257 e. The molecule has 0 aliphatic rings. The van der Waals surface area contributed by atoms with Gasteiger partial charge >= 0.3 is 0 Å². The van der Waals surface area contributed by atoms with Crippen LogP contribution in [0.3, 0.4) is 0 Å². The Balaban J connectivity index is 1.80. The number of sulfone groups is 1. The SMILES string of the molecule is CS(=O)(=O)c1cccc(C(=O)Nc2nc(-c3ccncc3)cs2)c1. The maximum Gasteiger partial charge on any atom is 0.257 e. The normalized spacial score (nSPS) is 11.2. The molecule has 1 amide bonds. The Kier molecular flexibility index (Phi) is 4.41. The van der Waals surface area contributed by atoms with Crippen molar-refractivity contribution >= 4 is 32.2 Å². The van der Waals surface area contributed by atoms with Crippen LogP contribution in [0, 0.1) is 0 Å². The lowest BCUT2D eigenvalue weighted by Gasteiger charge is -2.04. The summed E-state index contributed by atoms with van der Waals surface area (Å²) in [5.74, 6) is -0.406. The van der Waals surface area contributed by atoms with E-state index in [4.69, 9.17) is 0 Å². The Morgan fingerprint density at radius 1 is 1.17 bits per heavy atom. The van der Waals surface area contributed by atoms with Crippen LogP contribution < -0.4 is 5.32 Å². The Hall–Kier alpha value is -2.58. The molecule has 0 atom stereocenters. The van der Waals surface area contributed by atoms with Crippen molar-refractivity contribution in [3.05, 3.63) is 59.7 Å². The summed E-state index contributed by atoms with van der Waals surface area (Å²) in [5, 5.41) is 4.96. The van der Waals surface area contributed by atoms with E-state index in [9.17, 15) is 13.2 Å². The Bertz CT molecular complexity index is 983. The fraction of sp³-hybridized carbons (Fsp3) is 0.0625. The Morgan fingerprint density at radius 2 is 1.92 bits per heavy atom. The Morgan fingerprint density at radius 3 is 2.62 bits per heavy atom. The van der Waals surface area contributed by atoms with Gasteiger partial charge in [0.25, 0.3) is 5.91 Å². The van der Waals surface area contributed by atoms with Crippen LogP contribution in [0.15, 0.2) is 59.1 Å². The predicted molar refractivity (Wildman–Crippen MR) is 92.9 cm³/mol. The molecule has 0 saturated heterocycles. The van der Waals surface area contributed by atoms with Gasteiger partial charge in [-0.3, -0.25) is 15.1 Å². The van der Waals surface area contributed by atoms with E-state index in [1.54, 1.807) is 18.5 Å². The highest BCUT2D eigenvalue weighted by Gasteiger charge is 2.13.